The second kappa shape index (κ2) is 4.66. The van der Waals surface area contributed by atoms with Crippen LogP contribution < -0.4 is 0 Å². The molecule has 1 fully saturated rings. The summed E-state index contributed by atoms with van der Waals surface area (Å²) in [5.74, 6) is 0. The Bertz CT molecular complexity index is 107. The quantitative estimate of drug-likeness (QED) is 0.561. The fraction of sp³-hybridized carbons (Fsp3) is 1.00. The molecule has 0 bridgehead atoms. The van der Waals surface area contributed by atoms with E-state index < -0.39 is 6.10 Å². The number of hydrogen-bond acceptors (Lipinski definition) is 4. The molecule has 66 valence electrons. The summed E-state index contributed by atoms with van der Waals surface area (Å²) in [6, 6.07) is 0. The van der Waals surface area contributed by atoms with Crippen LogP contribution in [0.4, 0.5) is 0 Å². The number of methoxy groups -OCH3 is 1. The topological polar surface area (TPSA) is 47.9 Å². The smallest absolute Gasteiger partial charge is 0.109 e. The lowest BCUT2D eigenvalue weighted by Crippen LogP contribution is -2.28. The van der Waals surface area contributed by atoms with Crippen molar-refractivity contribution in [1.82, 2.24) is 0 Å². The number of ether oxygens (including phenoxy) is 3. The van der Waals surface area contributed by atoms with Crippen molar-refractivity contribution < 1.29 is 19.3 Å². The van der Waals surface area contributed by atoms with Crippen LogP contribution in [-0.2, 0) is 14.2 Å². The van der Waals surface area contributed by atoms with E-state index in [2.05, 4.69) is 0 Å². The summed E-state index contributed by atoms with van der Waals surface area (Å²) in [4.78, 5) is 0. The highest BCUT2D eigenvalue weighted by molar-refractivity contribution is 4.73. The van der Waals surface area contributed by atoms with E-state index in [4.69, 9.17) is 14.2 Å². The van der Waals surface area contributed by atoms with Crippen molar-refractivity contribution >= 4 is 0 Å². The molecule has 1 rings (SSSR count). The number of rotatable bonds is 4. The van der Waals surface area contributed by atoms with Crippen molar-refractivity contribution in [3.8, 4) is 0 Å². The molecule has 0 aromatic heterocycles. The lowest BCUT2D eigenvalue weighted by molar-refractivity contribution is -0.0282. The van der Waals surface area contributed by atoms with Gasteiger partial charge in [0.1, 0.15) is 12.2 Å². The van der Waals surface area contributed by atoms with Gasteiger partial charge < -0.3 is 19.3 Å². The monoisotopic (exact) mass is 162 g/mol. The maximum absolute atomic E-state index is 9.20. The van der Waals surface area contributed by atoms with Crippen LogP contribution in [0.1, 0.15) is 0 Å². The summed E-state index contributed by atoms with van der Waals surface area (Å²) >= 11 is 0. The molecule has 1 aliphatic heterocycles. The zero-order chi connectivity index (χ0) is 8.10. The van der Waals surface area contributed by atoms with E-state index in [0.29, 0.717) is 26.4 Å². The third-order valence-corrected chi connectivity index (χ3v) is 1.62. The van der Waals surface area contributed by atoms with Crippen LogP contribution in [0.3, 0.4) is 0 Å². The minimum Gasteiger partial charge on any atom is -0.388 e. The van der Waals surface area contributed by atoms with Gasteiger partial charge >= 0.3 is 0 Å². The van der Waals surface area contributed by atoms with E-state index in [0.717, 1.165) is 0 Å². The van der Waals surface area contributed by atoms with E-state index in [1.165, 1.54) is 0 Å². The first kappa shape index (κ1) is 8.93. The van der Waals surface area contributed by atoms with Gasteiger partial charge in [0.25, 0.3) is 0 Å². The Morgan fingerprint density at radius 1 is 1.45 bits per heavy atom. The molecule has 0 aromatic carbocycles. The molecule has 2 atom stereocenters. The molecule has 0 aliphatic carbocycles. The molecule has 2 unspecified atom stereocenters. The minimum atomic E-state index is -0.466. The van der Waals surface area contributed by atoms with Crippen molar-refractivity contribution in [2.45, 2.75) is 12.2 Å². The molecule has 1 aliphatic rings. The first-order chi connectivity index (χ1) is 5.34. The molecule has 1 saturated heterocycles. The Hall–Kier alpha value is -0.160. The van der Waals surface area contributed by atoms with Crippen molar-refractivity contribution in [1.29, 1.82) is 0 Å². The van der Waals surface area contributed by atoms with Gasteiger partial charge in [-0.3, -0.25) is 0 Å². The summed E-state index contributed by atoms with van der Waals surface area (Å²) in [5.41, 5.74) is 0. The van der Waals surface area contributed by atoms with Gasteiger partial charge in [0.2, 0.25) is 0 Å². The van der Waals surface area contributed by atoms with E-state index in [-0.39, 0.29) is 6.10 Å². The van der Waals surface area contributed by atoms with Crippen LogP contribution in [0.15, 0.2) is 0 Å². The van der Waals surface area contributed by atoms with Gasteiger partial charge in [-0.25, -0.2) is 0 Å². The fourth-order valence-electron chi connectivity index (χ4n) is 0.965. The van der Waals surface area contributed by atoms with Gasteiger partial charge in [0.05, 0.1) is 26.4 Å². The predicted molar refractivity (Wildman–Crippen MR) is 38.4 cm³/mol. The van der Waals surface area contributed by atoms with Crippen LogP contribution >= 0.6 is 0 Å². The molecular weight excluding hydrogens is 148 g/mol. The molecule has 4 nitrogen and oxygen atoms in total. The zero-order valence-corrected chi connectivity index (χ0v) is 6.66. The van der Waals surface area contributed by atoms with Gasteiger partial charge in [0.15, 0.2) is 0 Å². The summed E-state index contributed by atoms with van der Waals surface area (Å²) in [5, 5.41) is 9.20. The van der Waals surface area contributed by atoms with Crippen molar-refractivity contribution in [2.24, 2.45) is 0 Å². The highest BCUT2D eigenvalue weighted by Crippen LogP contribution is 2.08. The lowest BCUT2D eigenvalue weighted by atomic mass is 10.3. The maximum atomic E-state index is 9.20. The molecule has 11 heavy (non-hydrogen) atoms. The number of hydrogen-bond donors (Lipinski definition) is 1. The van der Waals surface area contributed by atoms with Gasteiger partial charge in [-0.15, -0.1) is 0 Å². The average molecular weight is 162 g/mol. The first-order valence-electron chi connectivity index (χ1n) is 3.71. The molecule has 1 heterocycles. The van der Waals surface area contributed by atoms with Crippen LogP contribution in [0, 0.1) is 0 Å². The second-order valence-corrected chi connectivity index (χ2v) is 2.51. The Kier molecular flexibility index (Phi) is 3.79. The highest BCUT2D eigenvalue weighted by atomic mass is 16.6. The van der Waals surface area contributed by atoms with Gasteiger partial charge in [0, 0.05) is 7.11 Å². The SMILES string of the molecule is COCCOC1COCC1O. The molecule has 4 heteroatoms. The molecular formula is C7H14O4. The van der Waals surface area contributed by atoms with Crippen LogP contribution in [0.5, 0.6) is 0 Å². The Labute approximate surface area is 66.1 Å². The Morgan fingerprint density at radius 3 is 2.82 bits per heavy atom. The Morgan fingerprint density at radius 2 is 2.27 bits per heavy atom. The molecule has 1 N–H and O–H groups in total. The molecule has 0 spiro atoms. The minimum absolute atomic E-state index is 0.162. The molecule has 0 aromatic rings. The van der Waals surface area contributed by atoms with Crippen LogP contribution in [0.2, 0.25) is 0 Å². The summed E-state index contributed by atoms with van der Waals surface area (Å²) in [6.45, 7) is 1.95. The van der Waals surface area contributed by atoms with E-state index >= 15 is 0 Å². The normalized spacial score (nSPS) is 31.1. The third-order valence-electron chi connectivity index (χ3n) is 1.62. The molecule has 0 saturated carbocycles. The number of aliphatic hydroxyl groups is 1. The van der Waals surface area contributed by atoms with Gasteiger partial charge in [-0.1, -0.05) is 0 Å². The van der Waals surface area contributed by atoms with Crippen molar-refractivity contribution in [3.63, 3.8) is 0 Å². The second-order valence-electron chi connectivity index (χ2n) is 2.51. The van der Waals surface area contributed by atoms with E-state index in [1.54, 1.807) is 7.11 Å². The summed E-state index contributed by atoms with van der Waals surface area (Å²) in [6.07, 6.45) is -0.628. The molecule has 0 amide bonds. The van der Waals surface area contributed by atoms with Crippen LogP contribution in [0.25, 0.3) is 0 Å². The highest BCUT2D eigenvalue weighted by Gasteiger charge is 2.26. The fourth-order valence-corrected chi connectivity index (χ4v) is 0.965. The third kappa shape index (κ3) is 2.75. The summed E-state index contributed by atoms with van der Waals surface area (Å²) in [7, 11) is 1.62. The predicted octanol–water partition coefficient (Wildman–Crippen LogP) is -0.591. The van der Waals surface area contributed by atoms with Crippen molar-refractivity contribution in [3.05, 3.63) is 0 Å². The number of aliphatic hydroxyl groups excluding tert-OH is 1. The van der Waals surface area contributed by atoms with Gasteiger partial charge in [-0.2, -0.15) is 0 Å². The van der Waals surface area contributed by atoms with Crippen LogP contribution in [-0.4, -0.2) is 50.9 Å². The summed E-state index contributed by atoms with van der Waals surface area (Å²) < 4.78 is 15.0. The standard InChI is InChI=1S/C7H14O4/c1-9-2-3-11-7-5-10-4-6(7)8/h6-8H,2-5H2,1H3. The van der Waals surface area contributed by atoms with E-state index in [9.17, 15) is 5.11 Å². The first-order valence-corrected chi connectivity index (χ1v) is 3.71. The van der Waals surface area contributed by atoms with Gasteiger partial charge in [-0.05, 0) is 0 Å². The average Bonchev–Trinajstić information content (AvgIpc) is 2.37. The molecule has 0 radical (unpaired) electrons. The van der Waals surface area contributed by atoms with E-state index in [1.807, 2.05) is 0 Å². The largest absolute Gasteiger partial charge is 0.388 e. The lowest BCUT2D eigenvalue weighted by Gasteiger charge is -2.12. The maximum Gasteiger partial charge on any atom is 0.109 e. The Balaban J connectivity index is 2.05. The zero-order valence-electron chi connectivity index (χ0n) is 6.66. The van der Waals surface area contributed by atoms with Crippen molar-refractivity contribution in [2.75, 3.05) is 33.5 Å².